The fourth-order valence-electron chi connectivity index (χ4n) is 5.91. The van der Waals surface area contributed by atoms with Gasteiger partial charge in [-0.25, -0.2) is 4.98 Å². The number of pyridine rings is 2. The number of H-pyrrole nitrogens is 1. The van der Waals surface area contributed by atoms with E-state index in [2.05, 4.69) is 93.8 Å². The Morgan fingerprint density at radius 3 is 2.52 bits per heavy atom. The molecule has 0 radical (unpaired) electrons. The lowest BCUT2D eigenvalue weighted by Crippen LogP contribution is -2.31. The first-order chi connectivity index (χ1) is 20.2. The van der Waals surface area contributed by atoms with E-state index in [-0.39, 0.29) is 23.0 Å². The molecule has 1 aliphatic carbocycles. The zero-order valence-corrected chi connectivity index (χ0v) is 26.1. The van der Waals surface area contributed by atoms with Crippen molar-refractivity contribution in [1.29, 1.82) is 0 Å². The molecule has 0 fully saturated rings. The van der Waals surface area contributed by atoms with Crippen LogP contribution in [0.2, 0.25) is 0 Å². The van der Waals surface area contributed by atoms with E-state index in [1.54, 1.807) is 0 Å². The van der Waals surface area contributed by atoms with E-state index >= 15 is 0 Å². The van der Waals surface area contributed by atoms with Gasteiger partial charge in [0.1, 0.15) is 5.82 Å². The first-order valence-corrected chi connectivity index (χ1v) is 15.1. The summed E-state index contributed by atoms with van der Waals surface area (Å²) in [5.74, 6) is 1.00. The number of nitrogens with one attached hydrogen (secondary N) is 2. The van der Waals surface area contributed by atoms with Gasteiger partial charge in [0.15, 0.2) is 0 Å². The Kier molecular flexibility index (Phi) is 10.5. The fraction of sp³-hybridized carbons (Fsp3) is 0.343. The molecule has 1 atom stereocenters. The van der Waals surface area contributed by atoms with Gasteiger partial charge in [0.25, 0.3) is 0 Å². The van der Waals surface area contributed by atoms with E-state index in [1.165, 1.54) is 47.2 Å². The van der Waals surface area contributed by atoms with Crippen molar-refractivity contribution in [3.05, 3.63) is 125 Å². The number of para-hydroxylation sites is 2. The van der Waals surface area contributed by atoms with Crippen LogP contribution in [0.4, 0.5) is 0 Å². The van der Waals surface area contributed by atoms with Crippen molar-refractivity contribution in [2.45, 2.75) is 77.7 Å². The molecular weight excluding hydrogens is 584 g/mol. The predicted molar refractivity (Wildman–Crippen MR) is 175 cm³/mol. The average Bonchev–Trinajstić information content (AvgIpc) is 3.43. The number of halogens is 1. The maximum absolute atomic E-state index is 4.90. The molecule has 0 amide bonds. The van der Waals surface area contributed by atoms with Crippen molar-refractivity contribution in [2.75, 3.05) is 0 Å². The minimum atomic E-state index is 0. The maximum atomic E-state index is 4.90. The lowest BCUT2D eigenvalue weighted by Gasteiger charge is -2.34. The number of aromatic amines is 1. The van der Waals surface area contributed by atoms with E-state index in [1.807, 2.05) is 18.5 Å². The van der Waals surface area contributed by atoms with Crippen molar-refractivity contribution >= 4 is 28.0 Å². The van der Waals surface area contributed by atoms with Crippen molar-refractivity contribution in [3.63, 3.8) is 0 Å². The van der Waals surface area contributed by atoms with Crippen molar-refractivity contribution in [3.8, 4) is 0 Å². The molecule has 2 aromatic carbocycles. The molecular formula is C35H41BrN6. The molecule has 6 nitrogen and oxygen atoms in total. The number of hydrogen-bond acceptors (Lipinski definition) is 5. The molecule has 7 heteroatoms. The SMILES string of the molecule is Br.CCCCc1ccc(CNCc2ccc(CN(Cc3nc4ccccc4[nH]3)C3CCCc4cccnc43)cc2)nc1. The van der Waals surface area contributed by atoms with Gasteiger partial charge in [0.2, 0.25) is 0 Å². The number of nitrogens with zero attached hydrogens (tertiary/aromatic N) is 4. The Bertz CT molecular complexity index is 1510. The Morgan fingerprint density at radius 2 is 1.71 bits per heavy atom. The molecule has 0 saturated carbocycles. The smallest absolute Gasteiger partial charge is 0.121 e. The molecule has 3 aromatic heterocycles. The Hall–Kier alpha value is -3.39. The molecule has 0 spiro atoms. The monoisotopic (exact) mass is 624 g/mol. The average molecular weight is 626 g/mol. The van der Waals surface area contributed by atoms with Crippen LogP contribution >= 0.6 is 17.0 Å². The van der Waals surface area contributed by atoms with Crippen LogP contribution in [0.3, 0.4) is 0 Å². The lowest BCUT2D eigenvalue weighted by molar-refractivity contribution is 0.153. The minimum absolute atomic E-state index is 0. The van der Waals surface area contributed by atoms with Gasteiger partial charge < -0.3 is 10.3 Å². The number of fused-ring (bicyclic) bond motifs is 2. The number of aryl methyl sites for hydroxylation is 2. The molecule has 0 saturated heterocycles. The second-order valence-corrected chi connectivity index (χ2v) is 11.2. The third kappa shape index (κ3) is 7.51. The molecule has 0 bridgehead atoms. The number of unbranched alkanes of at least 4 members (excludes halogenated alkanes) is 1. The van der Waals surface area contributed by atoms with E-state index < -0.39 is 0 Å². The summed E-state index contributed by atoms with van der Waals surface area (Å²) in [6, 6.07) is 26.2. The molecule has 2 N–H and O–H groups in total. The molecule has 3 heterocycles. The van der Waals surface area contributed by atoms with Gasteiger partial charge in [0, 0.05) is 32.0 Å². The van der Waals surface area contributed by atoms with Gasteiger partial charge in [0.05, 0.1) is 35.0 Å². The van der Waals surface area contributed by atoms with Crippen molar-refractivity contribution < 1.29 is 0 Å². The quantitative estimate of drug-likeness (QED) is 0.149. The number of aromatic nitrogens is 4. The Labute approximate surface area is 259 Å². The highest BCUT2D eigenvalue weighted by molar-refractivity contribution is 8.93. The van der Waals surface area contributed by atoms with Crippen LogP contribution in [0.1, 0.15) is 78.1 Å². The third-order valence-corrected chi connectivity index (χ3v) is 8.15. The van der Waals surface area contributed by atoms with Crippen LogP contribution in [-0.4, -0.2) is 24.8 Å². The second-order valence-electron chi connectivity index (χ2n) is 11.2. The summed E-state index contributed by atoms with van der Waals surface area (Å²) in [6.45, 7) is 5.42. The molecule has 1 aliphatic rings. The van der Waals surface area contributed by atoms with Gasteiger partial charge in [-0.3, -0.25) is 14.9 Å². The van der Waals surface area contributed by atoms with E-state index in [9.17, 15) is 0 Å². The normalized spacial score (nSPS) is 14.6. The van der Waals surface area contributed by atoms with Crippen LogP contribution in [-0.2, 0) is 39.0 Å². The second kappa shape index (κ2) is 14.7. The molecule has 1 unspecified atom stereocenters. The standard InChI is InChI=1S/C35H40N6.BrH/c1-2-3-8-26-18-19-30(38-22-26)23-36-21-27-14-16-28(17-15-27)24-41(25-34-39-31-11-4-5-12-32(31)40-34)33-13-6-9-29-10-7-20-37-35(29)33;/h4-5,7,10-12,14-20,22,33,36H,2-3,6,8-9,13,21,23-25H2,1H3,(H,39,40);1H. The van der Waals surface area contributed by atoms with Crippen LogP contribution in [0.5, 0.6) is 0 Å². The van der Waals surface area contributed by atoms with Gasteiger partial charge in [-0.2, -0.15) is 0 Å². The zero-order valence-electron chi connectivity index (χ0n) is 24.4. The first-order valence-electron chi connectivity index (χ1n) is 15.1. The van der Waals surface area contributed by atoms with Crippen LogP contribution in [0.25, 0.3) is 11.0 Å². The largest absolute Gasteiger partial charge is 0.341 e. The van der Waals surface area contributed by atoms with Gasteiger partial charge in [-0.1, -0.05) is 61.9 Å². The number of hydrogen-bond donors (Lipinski definition) is 2. The summed E-state index contributed by atoms with van der Waals surface area (Å²) in [6.07, 6.45) is 10.9. The highest BCUT2D eigenvalue weighted by Gasteiger charge is 2.28. The summed E-state index contributed by atoms with van der Waals surface area (Å²) >= 11 is 0. The molecule has 5 aromatic rings. The van der Waals surface area contributed by atoms with Crippen LogP contribution in [0.15, 0.2) is 85.2 Å². The van der Waals surface area contributed by atoms with E-state index in [0.717, 1.165) is 68.0 Å². The summed E-state index contributed by atoms with van der Waals surface area (Å²) in [7, 11) is 0. The molecule has 42 heavy (non-hydrogen) atoms. The third-order valence-electron chi connectivity index (χ3n) is 8.15. The Morgan fingerprint density at radius 1 is 0.881 bits per heavy atom. The summed E-state index contributed by atoms with van der Waals surface area (Å²) in [5.41, 5.74) is 9.71. The number of imidazole rings is 1. The van der Waals surface area contributed by atoms with Crippen molar-refractivity contribution in [2.24, 2.45) is 0 Å². The first kappa shape index (κ1) is 30.1. The van der Waals surface area contributed by atoms with E-state index in [0.29, 0.717) is 0 Å². The fourth-order valence-corrected chi connectivity index (χ4v) is 5.91. The molecule has 0 aliphatic heterocycles. The highest BCUT2D eigenvalue weighted by Crippen LogP contribution is 2.34. The molecule has 6 rings (SSSR count). The predicted octanol–water partition coefficient (Wildman–Crippen LogP) is 7.64. The van der Waals surface area contributed by atoms with Crippen LogP contribution < -0.4 is 5.32 Å². The number of rotatable bonds is 12. The van der Waals surface area contributed by atoms with Crippen LogP contribution in [0, 0.1) is 0 Å². The summed E-state index contributed by atoms with van der Waals surface area (Å²) in [5, 5.41) is 3.56. The zero-order chi connectivity index (χ0) is 27.9. The van der Waals surface area contributed by atoms with Gasteiger partial charge >= 0.3 is 0 Å². The summed E-state index contributed by atoms with van der Waals surface area (Å²) in [4.78, 5) is 20.5. The number of benzene rings is 2. The van der Waals surface area contributed by atoms with Crippen molar-refractivity contribution in [1.82, 2.24) is 30.2 Å². The maximum Gasteiger partial charge on any atom is 0.121 e. The van der Waals surface area contributed by atoms with Gasteiger partial charge in [-0.05, 0) is 78.6 Å². The summed E-state index contributed by atoms with van der Waals surface area (Å²) < 4.78 is 0. The van der Waals surface area contributed by atoms with E-state index in [4.69, 9.17) is 9.97 Å². The Balaban J connectivity index is 0.00000353. The highest BCUT2D eigenvalue weighted by atomic mass is 79.9. The minimum Gasteiger partial charge on any atom is -0.341 e. The topological polar surface area (TPSA) is 69.7 Å². The lowest BCUT2D eigenvalue weighted by atomic mass is 9.90. The van der Waals surface area contributed by atoms with Gasteiger partial charge in [-0.15, -0.1) is 17.0 Å². The molecule has 218 valence electrons.